The Morgan fingerprint density at radius 1 is 0.900 bits per heavy atom. The summed E-state index contributed by atoms with van der Waals surface area (Å²) in [7, 11) is 0. The molecule has 0 radical (unpaired) electrons. The van der Waals surface area contributed by atoms with Crippen molar-refractivity contribution >= 4 is 11.8 Å². The fourth-order valence-electron chi connectivity index (χ4n) is 2.54. The van der Waals surface area contributed by atoms with Gasteiger partial charge in [-0.05, 0) is 36.6 Å². The van der Waals surface area contributed by atoms with E-state index in [2.05, 4.69) is 37.3 Å². The molecule has 1 heterocycles. The van der Waals surface area contributed by atoms with E-state index in [1.807, 2.05) is 23.9 Å². The van der Waals surface area contributed by atoms with Crippen LogP contribution in [-0.2, 0) is 6.42 Å². The van der Waals surface area contributed by atoms with Crippen LogP contribution in [0, 0.1) is 0 Å². The molecule has 20 heavy (non-hydrogen) atoms. The first-order valence-corrected chi connectivity index (χ1v) is 8.27. The molecule has 2 aromatic rings. The van der Waals surface area contributed by atoms with Gasteiger partial charge in [-0.25, -0.2) is 0 Å². The van der Waals surface area contributed by atoms with Crippen LogP contribution in [0.4, 0.5) is 0 Å². The highest BCUT2D eigenvalue weighted by Gasteiger charge is 2.19. The zero-order valence-corrected chi connectivity index (χ0v) is 12.7. The van der Waals surface area contributed by atoms with Gasteiger partial charge in [0.25, 0.3) is 0 Å². The molecule has 0 unspecified atom stereocenters. The molecule has 0 aromatic heterocycles. The molecule has 2 aromatic carbocycles. The monoisotopic (exact) mass is 284 g/mol. The second kappa shape index (κ2) is 6.36. The second-order valence-corrected chi connectivity index (χ2v) is 6.26. The van der Waals surface area contributed by atoms with Crippen molar-refractivity contribution in [2.45, 2.75) is 48.8 Å². The quantitative estimate of drug-likeness (QED) is 0.526. The molecule has 0 saturated carbocycles. The Morgan fingerprint density at radius 3 is 2.65 bits per heavy atom. The number of unbranched alkanes of at least 4 members (excludes halogenated alkanes) is 3. The van der Waals surface area contributed by atoms with E-state index in [4.69, 9.17) is 4.74 Å². The smallest absolute Gasteiger partial charge is 0.141 e. The first-order chi connectivity index (χ1) is 9.88. The summed E-state index contributed by atoms with van der Waals surface area (Å²) in [5.74, 6) is 2.00. The maximum absolute atomic E-state index is 6.02. The highest BCUT2D eigenvalue weighted by molar-refractivity contribution is 7.99. The number of rotatable bonds is 5. The van der Waals surface area contributed by atoms with Gasteiger partial charge in [0.2, 0.25) is 0 Å². The molecule has 2 heteroatoms. The van der Waals surface area contributed by atoms with E-state index in [0.717, 1.165) is 17.9 Å². The Bertz CT molecular complexity index is 592. The van der Waals surface area contributed by atoms with Crippen LogP contribution >= 0.6 is 11.8 Å². The van der Waals surface area contributed by atoms with Crippen molar-refractivity contribution in [2.24, 2.45) is 0 Å². The van der Waals surface area contributed by atoms with E-state index < -0.39 is 0 Å². The molecule has 1 aliphatic rings. The molecular weight excluding hydrogens is 264 g/mol. The van der Waals surface area contributed by atoms with Gasteiger partial charge in [-0.1, -0.05) is 62.2 Å². The normalized spacial score (nSPS) is 12.4. The Hall–Kier alpha value is -1.41. The summed E-state index contributed by atoms with van der Waals surface area (Å²) in [6.45, 7) is 2.25. The predicted molar refractivity (Wildman–Crippen MR) is 84.9 cm³/mol. The maximum Gasteiger partial charge on any atom is 0.141 e. The second-order valence-electron chi connectivity index (χ2n) is 5.21. The Kier molecular flexibility index (Phi) is 4.31. The number of benzene rings is 2. The summed E-state index contributed by atoms with van der Waals surface area (Å²) >= 11 is 1.85. The van der Waals surface area contributed by atoms with Gasteiger partial charge in [0.1, 0.15) is 11.5 Å². The molecule has 3 rings (SSSR count). The van der Waals surface area contributed by atoms with Crippen LogP contribution in [0.1, 0.15) is 38.2 Å². The number of hydrogen-bond donors (Lipinski definition) is 0. The van der Waals surface area contributed by atoms with E-state index in [1.165, 1.54) is 41.0 Å². The van der Waals surface area contributed by atoms with Gasteiger partial charge < -0.3 is 4.74 Å². The zero-order valence-electron chi connectivity index (χ0n) is 11.9. The van der Waals surface area contributed by atoms with Crippen molar-refractivity contribution in [3.05, 3.63) is 48.0 Å². The van der Waals surface area contributed by atoms with Gasteiger partial charge in [0.15, 0.2) is 0 Å². The van der Waals surface area contributed by atoms with Gasteiger partial charge in [0.05, 0.1) is 9.79 Å². The fourth-order valence-corrected chi connectivity index (χ4v) is 3.63. The molecule has 0 spiro atoms. The molecular formula is C18H20OS. The third-order valence-corrected chi connectivity index (χ3v) is 4.87. The average Bonchev–Trinajstić information content (AvgIpc) is 2.50. The number of ether oxygens (including phenoxy) is 1. The van der Waals surface area contributed by atoms with Gasteiger partial charge in [0, 0.05) is 0 Å². The summed E-state index contributed by atoms with van der Waals surface area (Å²) in [5.41, 5.74) is 1.43. The van der Waals surface area contributed by atoms with Gasteiger partial charge in [-0.3, -0.25) is 0 Å². The lowest BCUT2D eigenvalue weighted by Gasteiger charge is -2.21. The Morgan fingerprint density at radius 2 is 1.75 bits per heavy atom. The van der Waals surface area contributed by atoms with E-state index >= 15 is 0 Å². The molecule has 0 atom stereocenters. The molecule has 104 valence electrons. The average molecular weight is 284 g/mol. The van der Waals surface area contributed by atoms with E-state index in [-0.39, 0.29) is 0 Å². The first-order valence-electron chi connectivity index (χ1n) is 7.45. The lowest BCUT2D eigenvalue weighted by Crippen LogP contribution is -1.98. The lowest BCUT2D eigenvalue weighted by molar-refractivity contribution is 0.452. The maximum atomic E-state index is 6.02. The van der Waals surface area contributed by atoms with Crippen LogP contribution in [0.3, 0.4) is 0 Å². The standard InChI is InChI=1S/C18H20OS/c1-2-3-4-5-9-14-10-8-12-16-18(14)20-17-13-7-6-11-15(17)19-16/h6-8,10-13H,2-5,9H2,1H3. The minimum atomic E-state index is 0.980. The van der Waals surface area contributed by atoms with Crippen molar-refractivity contribution in [1.29, 1.82) is 0 Å². The Balaban J connectivity index is 1.79. The van der Waals surface area contributed by atoms with Crippen molar-refractivity contribution in [3.63, 3.8) is 0 Å². The molecule has 0 bridgehead atoms. The van der Waals surface area contributed by atoms with Crippen LogP contribution in [0.25, 0.3) is 0 Å². The summed E-state index contributed by atoms with van der Waals surface area (Å²) in [6.07, 6.45) is 6.37. The van der Waals surface area contributed by atoms with E-state index in [0.29, 0.717) is 0 Å². The van der Waals surface area contributed by atoms with Crippen molar-refractivity contribution in [2.75, 3.05) is 0 Å². The van der Waals surface area contributed by atoms with Crippen molar-refractivity contribution in [3.8, 4) is 11.5 Å². The van der Waals surface area contributed by atoms with Crippen LogP contribution in [0.15, 0.2) is 52.3 Å². The minimum Gasteiger partial charge on any atom is -0.455 e. The van der Waals surface area contributed by atoms with Gasteiger partial charge >= 0.3 is 0 Å². The summed E-state index contributed by atoms with van der Waals surface area (Å²) in [4.78, 5) is 2.53. The molecule has 0 N–H and O–H groups in total. The lowest BCUT2D eigenvalue weighted by atomic mass is 10.1. The van der Waals surface area contributed by atoms with Crippen LogP contribution in [0.2, 0.25) is 0 Å². The number of hydrogen-bond acceptors (Lipinski definition) is 2. The molecule has 0 fully saturated rings. The molecule has 0 saturated heterocycles. The summed E-state index contributed by atoms with van der Waals surface area (Å²) < 4.78 is 6.02. The highest BCUT2D eigenvalue weighted by Crippen LogP contribution is 2.48. The van der Waals surface area contributed by atoms with Crippen LogP contribution in [-0.4, -0.2) is 0 Å². The zero-order chi connectivity index (χ0) is 13.8. The fraction of sp³-hybridized carbons (Fsp3) is 0.333. The van der Waals surface area contributed by atoms with E-state index in [9.17, 15) is 0 Å². The largest absolute Gasteiger partial charge is 0.455 e. The van der Waals surface area contributed by atoms with Gasteiger partial charge in [-0.15, -0.1) is 0 Å². The number of fused-ring (bicyclic) bond motifs is 2. The van der Waals surface area contributed by atoms with Gasteiger partial charge in [-0.2, -0.15) is 0 Å². The molecule has 1 aliphatic heterocycles. The first kappa shape index (κ1) is 13.6. The summed E-state index contributed by atoms with van der Waals surface area (Å²) in [5, 5.41) is 0. The van der Waals surface area contributed by atoms with Crippen LogP contribution in [0.5, 0.6) is 11.5 Å². The molecule has 0 aliphatic carbocycles. The molecule has 0 amide bonds. The third-order valence-electron chi connectivity index (χ3n) is 3.64. The van der Waals surface area contributed by atoms with Crippen molar-refractivity contribution in [1.82, 2.24) is 0 Å². The predicted octanol–water partition coefficient (Wildman–Crippen LogP) is 6.07. The number of aryl methyl sites for hydroxylation is 1. The van der Waals surface area contributed by atoms with Crippen LogP contribution < -0.4 is 4.74 Å². The van der Waals surface area contributed by atoms with E-state index in [1.54, 1.807) is 0 Å². The van der Waals surface area contributed by atoms with Crippen molar-refractivity contribution < 1.29 is 4.74 Å². The Labute approximate surface area is 125 Å². The third kappa shape index (κ3) is 2.85. The SMILES string of the molecule is CCCCCCc1cccc2c1Sc1ccccc1O2. The summed E-state index contributed by atoms with van der Waals surface area (Å²) in [6, 6.07) is 14.7. The topological polar surface area (TPSA) is 9.23 Å². The highest BCUT2D eigenvalue weighted by atomic mass is 32.2. The number of para-hydroxylation sites is 1. The molecule has 1 nitrogen and oxygen atoms in total. The minimum absolute atomic E-state index is 0.980.